The van der Waals surface area contributed by atoms with Gasteiger partial charge in [-0.3, -0.25) is 0 Å². The van der Waals surface area contributed by atoms with E-state index in [9.17, 15) is 0 Å². The Morgan fingerprint density at radius 2 is 1.79 bits per heavy atom. The second-order valence-corrected chi connectivity index (χ2v) is 6.79. The summed E-state index contributed by atoms with van der Waals surface area (Å²) in [5.41, 5.74) is 7.18. The topological polar surface area (TPSA) is 53.6 Å². The van der Waals surface area contributed by atoms with Crippen molar-refractivity contribution in [2.75, 3.05) is 13.1 Å². The zero-order valence-electron chi connectivity index (χ0n) is 14.4. The first kappa shape index (κ1) is 15.3. The Kier molecular flexibility index (Phi) is 4.07. The highest BCUT2D eigenvalue weighted by Gasteiger charge is 2.27. The molecule has 124 valence electrons. The number of fused-ring (bicyclic) bond motifs is 1. The first-order valence-electron chi connectivity index (χ1n) is 8.82. The van der Waals surface area contributed by atoms with Crippen LogP contribution in [-0.4, -0.2) is 28.0 Å². The number of aromatic amines is 1. The summed E-state index contributed by atoms with van der Waals surface area (Å²) in [7, 11) is 0. The third kappa shape index (κ3) is 2.82. The van der Waals surface area contributed by atoms with E-state index in [0.717, 1.165) is 49.6 Å². The van der Waals surface area contributed by atoms with E-state index in [0.29, 0.717) is 5.92 Å². The van der Waals surface area contributed by atoms with E-state index in [1.807, 2.05) is 0 Å². The Bertz CT molecular complexity index is 800. The molecule has 2 N–H and O–H groups in total. The summed E-state index contributed by atoms with van der Waals surface area (Å²) < 4.78 is 0. The summed E-state index contributed by atoms with van der Waals surface area (Å²) >= 11 is 0. The van der Waals surface area contributed by atoms with Crippen molar-refractivity contribution in [3.8, 4) is 11.4 Å². The lowest BCUT2D eigenvalue weighted by Gasteiger charge is -2.24. The monoisotopic (exact) mass is 320 g/mol. The Morgan fingerprint density at radius 3 is 2.54 bits per heavy atom. The van der Waals surface area contributed by atoms with Crippen molar-refractivity contribution >= 4 is 0 Å². The zero-order chi connectivity index (χ0) is 16.5. The standard InChI is InChI=1S/C20H24N4/c1-13-17(12-15-6-4-3-5-7-15)19-20(22-13)18(23-14(2)24-19)16-8-10-21-11-9-16/h3-7,16,21H,8-12H2,1-2H3,(H,23,24). The third-order valence-electron chi connectivity index (χ3n) is 5.04. The quantitative estimate of drug-likeness (QED) is 0.775. The molecule has 0 aliphatic carbocycles. The van der Waals surface area contributed by atoms with Crippen molar-refractivity contribution in [2.24, 2.45) is 0 Å². The highest BCUT2D eigenvalue weighted by Crippen LogP contribution is 2.36. The summed E-state index contributed by atoms with van der Waals surface area (Å²) in [6, 6.07) is 10.6. The molecule has 0 bridgehead atoms. The van der Waals surface area contributed by atoms with E-state index in [1.165, 1.54) is 22.5 Å². The maximum atomic E-state index is 4.91. The predicted molar refractivity (Wildman–Crippen MR) is 96.6 cm³/mol. The fraction of sp³-hybridized carbons (Fsp3) is 0.400. The summed E-state index contributed by atoms with van der Waals surface area (Å²) in [5, 5.41) is 3.44. The Balaban J connectivity index is 1.76. The van der Waals surface area contributed by atoms with Gasteiger partial charge in [0.25, 0.3) is 0 Å². The van der Waals surface area contributed by atoms with Crippen LogP contribution in [0.2, 0.25) is 0 Å². The molecule has 4 nitrogen and oxygen atoms in total. The van der Waals surface area contributed by atoms with Gasteiger partial charge in [0.15, 0.2) is 0 Å². The van der Waals surface area contributed by atoms with Gasteiger partial charge in [-0.25, -0.2) is 9.97 Å². The van der Waals surface area contributed by atoms with Crippen molar-refractivity contribution in [1.29, 1.82) is 0 Å². The average molecular weight is 320 g/mol. The number of nitrogens with zero attached hydrogens (tertiary/aromatic N) is 2. The van der Waals surface area contributed by atoms with E-state index in [1.54, 1.807) is 0 Å². The second kappa shape index (κ2) is 6.36. The molecule has 0 unspecified atom stereocenters. The molecule has 3 aliphatic heterocycles. The van der Waals surface area contributed by atoms with E-state index >= 15 is 0 Å². The largest absolute Gasteiger partial charge is 0.342 e. The number of benzene rings is 1. The summed E-state index contributed by atoms with van der Waals surface area (Å²) in [6.07, 6.45) is 3.20. The van der Waals surface area contributed by atoms with E-state index in [2.05, 4.69) is 54.5 Å². The van der Waals surface area contributed by atoms with Gasteiger partial charge in [0.1, 0.15) is 11.5 Å². The first-order chi connectivity index (χ1) is 11.7. The van der Waals surface area contributed by atoms with Gasteiger partial charge in [0, 0.05) is 23.6 Å². The molecule has 0 saturated carbocycles. The lowest BCUT2D eigenvalue weighted by atomic mass is 9.91. The molecular formula is C20H24N4. The zero-order valence-corrected chi connectivity index (χ0v) is 14.4. The van der Waals surface area contributed by atoms with Crippen LogP contribution < -0.4 is 5.32 Å². The SMILES string of the molecule is Cc1nc(C2CCNCC2)c2nc(C)c(Cc3ccccc3)c-2[nH]1. The minimum atomic E-state index is 0.515. The molecular weight excluding hydrogens is 296 g/mol. The number of aryl methyl sites for hydroxylation is 2. The van der Waals surface area contributed by atoms with Crippen LogP contribution >= 0.6 is 0 Å². The number of hydrogen-bond acceptors (Lipinski definition) is 3. The van der Waals surface area contributed by atoms with E-state index < -0.39 is 0 Å². The number of hydrogen-bond donors (Lipinski definition) is 2. The second-order valence-electron chi connectivity index (χ2n) is 6.79. The smallest absolute Gasteiger partial charge is 0.109 e. The van der Waals surface area contributed by atoms with Crippen LogP contribution in [-0.2, 0) is 6.42 Å². The van der Waals surface area contributed by atoms with Gasteiger partial charge >= 0.3 is 0 Å². The number of aromatic nitrogens is 3. The van der Waals surface area contributed by atoms with Crippen molar-refractivity contribution in [3.63, 3.8) is 0 Å². The van der Waals surface area contributed by atoms with Gasteiger partial charge in [0.05, 0.1) is 11.4 Å². The van der Waals surface area contributed by atoms with Gasteiger partial charge in [0.2, 0.25) is 0 Å². The Hall–Kier alpha value is -2.20. The van der Waals surface area contributed by atoms with Crippen molar-refractivity contribution in [3.05, 3.63) is 58.7 Å². The number of rotatable bonds is 3. The van der Waals surface area contributed by atoms with Crippen LogP contribution in [0, 0.1) is 13.8 Å². The third-order valence-corrected chi connectivity index (χ3v) is 5.04. The molecule has 1 aromatic carbocycles. The highest BCUT2D eigenvalue weighted by atomic mass is 15.0. The van der Waals surface area contributed by atoms with Crippen LogP contribution in [0.15, 0.2) is 30.3 Å². The molecule has 0 spiro atoms. The van der Waals surface area contributed by atoms with Gasteiger partial charge in [-0.2, -0.15) is 0 Å². The van der Waals surface area contributed by atoms with Crippen molar-refractivity contribution < 1.29 is 0 Å². The average Bonchev–Trinajstić information content (AvgIpc) is 2.92. The van der Waals surface area contributed by atoms with E-state index in [4.69, 9.17) is 9.97 Å². The molecule has 3 heterocycles. The van der Waals surface area contributed by atoms with Gasteiger partial charge < -0.3 is 10.3 Å². The summed E-state index contributed by atoms with van der Waals surface area (Å²) in [4.78, 5) is 13.2. The molecule has 1 fully saturated rings. The van der Waals surface area contributed by atoms with Crippen LogP contribution in [0.1, 0.15) is 47.1 Å². The molecule has 1 aromatic rings. The minimum Gasteiger partial charge on any atom is -0.342 e. The van der Waals surface area contributed by atoms with Crippen LogP contribution in [0.4, 0.5) is 0 Å². The first-order valence-corrected chi connectivity index (χ1v) is 8.82. The Morgan fingerprint density at radius 1 is 1.04 bits per heavy atom. The van der Waals surface area contributed by atoms with Gasteiger partial charge in [-0.15, -0.1) is 0 Å². The lowest BCUT2D eigenvalue weighted by molar-refractivity contribution is 0.452. The molecule has 0 atom stereocenters. The number of H-pyrrole nitrogens is 1. The van der Waals surface area contributed by atoms with Crippen LogP contribution in [0.3, 0.4) is 0 Å². The molecule has 1 saturated heterocycles. The molecule has 4 rings (SSSR count). The lowest BCUT2D eigenvalue weighted by Crippen LogP contribution is -2.27. The van der Waals surface area contributed by atoms with Crippen molar-refractivity contribution in [2.45, 2.75) is 39.0 Å². The molecule has 3 aliphatic rings. The molecule has 4 heteroatoms. The van der Waals surface area contributed by atoms with Crippen LogP contribution in [0.5, 0.6) is 0 Å². The molecule has 0 radical (unpaired) electrons. The normalized spacial score (nSPS) is 15.9. The Labute approximate surface area is 143 Å². The fourth-order valence-corrected chi connectivity index (χ4v) is 3.77. The van der Waals surface area contributed by atoms with Crippen molar-refractivity contribution in [1.82, 2.24) is 20.3 Å². The summed E-state index contributed by atoms with van der Waals surface area (Å²) in [6.45, 7) is 6.32. The molecule has 0 aromatic heterocycles. The highest BCUT2D eigenvalue weighted by molar-refractivity contribution is 5.67. The fourth-order valence-electron chi connectivity index (χ4n) is 3.77. The van der Waals surface area contributed by atoms with E-state index in [-0.39, 0.29) is 0 Å². The van der Waals surface area contributed by atoms with Crippen LogP contribution in [0.25, 0.3) is 11.4 Å². The van der Waals surface area contributed by atoms with Gasteiger partial charge in [-0.1, -0.05) is 30.3 Å². The molecule has 0 amide bonds. The summed E-state index contributed by atoms with van der Waals surface area (Å²) in [5.74, 6) is 1.50. The number of nitrogens with one attached hydrogen (secondary N) is 2. The van der Waals surface area contributed by atoms with Gasteiger partial charge in [-0.05, 0) is 45.3 Å². The maximum absolute atomic E-state index is 4.91. The predicted octanol–water partition coefficient (Wildman–Crippen LogP) is 3.58. The minimum absolute atomic E-state index is 0.515. The number of piperidine rings is 1. The molecule has 24 heavy (non-hydrogen) atoms. The maximum Gasteiger partial charge on any atom is 0.109 e.